The molecule has 0 atom stereocenters. The second kappa shape index (κ2) is 9.28. The van der Waals surface area contributed by atoms with Crippen LogP contribution in [-0.2, 0) is 9.59 Å². The molecule has 28 heavy (non-hydrogen) atoms. The molecule has 0 aromatic heterocycles. The molecular weight excluding hydrogens is 372 g/mol. The summed E-state index contributed by atoms with van der Waals surface area (Å²) in [6, 6.07) is 11.4. The van der Waals surface area contributed by atoms with Gasteiger partial charge in [-0.2, -0.15) is 10.2 Å². The highest BCUT2D eigenvalue weighted by molar-refractivity contribution is 6.35. The van der Waals surface area contributed by atoms with Gasteiger partial charge >= 0.3 is 11.8 Å². The minimum atomic E-state index is -1.19. The number of rotatable bonds is 6. The van der Waals surface area contributed by atoms with Gasteiger partial charge in [0.2, 0.25) is 0 Å². The van der Waals surface area contributed by atoms with Crippen LogP contribution in [0.1, 0.15) is 11.1 Å². The molecule has 0 heterocycles. The topological polar surface area (TPSA) is 169 Å². The van der Waals surface area contributed by atoms with Crippen molar-refractivity contribution in [3.63, 3.8) is 0 Å². The first-order chi connectivity index (χ1) is 13.4. The molecule has 142 valence electrons. The molecule has 2 N–H and O–H groups in total. The highest BCUT2D eigenvalue weighted by Gasteiger charge is 2.14. The summed E-state index contributed by atoms with van der Waals surface area (Å²) in [6.45, 7) is 0. The molecule has 2 aromatic rings. The fraction of sp³-hybridized carbons (Fsp3) is 0. The lowest BCUT2D eigenvalue weighted by atomic mass is 10.2. The normalized spacial score (nSPS) is 10.7. The number of nitrogens with zero attached hydrogens (tertiary/aromatic N) is 4. The Labute approximate surface area is 156 Å². The average molecular weight is 384 g/mol. The summed E-state index contributed by atoms with van der Waals surface area (Å²) in [5, 5.41) is 28.7. The molecule has 2 aromatic carbocycles. The molecule has 0 aliphatic carbocycles. The molecule has 0 spiro atoms. The zero-order valence-electron chi connectivity index (χ0n) is 14.0. The predicted octanol–water partition coefficient (Wildman–Crippen LogP) is 1.10. The maximum atomic E-state index is 11.6. The van der Waals surface area contributed by atoms with E-state index >= 15 is 0 Å². The zero-order chi connectivity index (χ0) is 20.5. The van der Waals surface area contributed by atoms with Crippen LogP contribution < -0.4 is 10.9 Å². The lowest BCUT2D eigenvalue weighted by molar-refractivity contribution is -0.385. The van der Waals surface area contributed by atoms with Gasteiger partial charge in [0, 0.05) is 12.1 Å². The second-order valence-corrected chi connectivity index (χ2v) is 5.03. The van der Waals surface area contributed by atoms with Crippen LogP contribution in [0.2, 0.25) is 0 Å². The summed E-state index contributed by atoms with van der Waals surface area (Å²) in [6.07, 6.45) is 2.03. The molecule has 2 amide bonds. The largest absolute Gasteiger partial charge is 0.331 e. The molecular formula is C16H12N6O6. The lowest BCUT2D eigenvalue weighted by Gasteiger charge is -1.99. The maximum absolute atomic E-state index is 11.6. The number of nitro benzene ring substituents is 2. The summed E-state index contributed by atoms with van der Waals surface area (Å²) >= 11 is 0. The summed E-state index contributed by atoms with van der Waals surface area (Å²) in [5.41, 5.74) is 3.59. The van der Waals surface area contributed by atoms with Gasteiger partial charge in [0.25, 0.3) is 11.4 Å². The van der Waals surface area contributed by atoms with Crippen LogP contribution in [0.3, 0.4) is 0 Å². The Morgan fingerprint density at radius 2 is 1.11 bits per heavy atom. The molecule has 12 heteroatoms. The SMILES string of the molecule is O=C(NN=Cc1ccccc1[N+](=O)[O-])C(=O)NN=Cc1ccccc1[N+](=O)[O-]. The summed E-state index contributed by atoms with van der Waals surface area (Å²) < 4.78 is 0. The molecule has 0 saturated carbocycles. The number of hydrazone groups is 2. The van der Waals surface area contributed by atoms with E-state index in [0.29, 0.717) is 0 Å². The minimum absolute atomic E-state index is 0.127. The maximum Gasteiger partial charge on any atom is 0.331 e. The molecule has 0 unspecified atom stereocenters. The van der Waals surface area contributed by atoms with E-state index < -0.39 is 21.7 Å². The molecule has 0 aliphatic heterocycles. The molecule has 0 fully saturated rings. The van der Waals surface area contributed by atoms with Gasteiger partial charge in [-0.25, -0.2) is 10.9 Å². The van der Waals surface area contributed by atoms with Crippen molar-refractivity contribution in [3.05, 3.63) is 79.9 Å². The standard InChI is InChI=1S/C16H12N6O6/c23-15(19-17-9-11-5-1-3-7-13(11)21(25)26)16(24)20-18-10-12-6-2-4-8-14(12)22(27)28/h1-10H,(H,19,23)(H,20,24). The monoisotopic (exact) mass is 384 g/mol. The van der Waals surface area contributed by atoms with Crippen molar-refractivity contribution in [3.8, 4) is 0 Å². The van der Waals surface area contributed by atoms with E-state index in [9.17, 15) is 29.8 Å². The van der Waals surface area contributed by atoms with Crippen molar-refractivity contribution in [2.45, 2.75) is 0 Å². The number of hydrogen-bond acceptors (Lipinski definition) is 8. The molecule has 0 radical (unpaired) electrons. The molecule has 0 bridgehead atoms. The smallest absolute Gasteiger partial charge is 0.262 e. The van der Waals surface area contributed by atoms with E-state index in [1.807, 2.05) is 10.9 Å². The van der Waals surface area contributed by atoms with Crippen molar-refractivity contribution >= 4 is 35.6 Å². The first-order valence-corrected chi connectivity index (χ1v) is 7.53. The van der Waals surface area contributed by atoms with E-state index in [0.717, 1.165) is 12.4 Å². The van der Waals surface area contributed by atoms with Crippen LogP contribution in [0, 0.1) is 20.2 Å². The number of hydrogen-bond donors (Lipinski definition) is 2. The third-order valence-corrected chi connectivity index (χ3v) is 3.21. The average Bonchev–Trinajstić information content (AvgIpc) is 2.68. The number of carbonyl (C=O) groups is 2. The molecule has 0 aliphatic rings. The van der Waals surface area contributed by atoms with Crippen LogP contribution in [0.4, 0.5) is 11.4 Å². The van der Waals surface area contributed by atoms with Crippen molar-refractivity contribution in [2.75, 3.05) is 0 Å². The van der Waals surface area contributed by atoms with Crippen LogP contribution in [0.15, 0.2) is 58.7 Å². The van der Waals surface area contributed by atoms with Gasteiger partial charge in [-0.05, 0) is 12.1 Å². The van der Waals surface area contributed by atoms with Crippen molar-refractivity contribution in [1.29, 1.82) is 0 Å². The van der Waals surface area contributed by atoms with Crippen LogP contribution in [-0.4, -0.2) is 34.1 Å². The van der Waals surface area contributed by atoms with E-state index in [-0.39, 0.29) is 22.5 Å². The quantitative estimate of drug-likeness (QED) is 0.327. The Balaban J connectivity index is 1.95. The van der Waals surface area contributed by atoms with Gasteiger partial charge in [0.1, 0.15) is 0 Å². The first-order valence-electron chi connectivity index (χ1n) is 7.53. The Kier molecular flexibility index (Phi) is 6.58. The van der Waals surface area contributed by atoms with Crippen LogP contribution >= 0.6 is 0 Å². The lowest BCUT2D eigenvalue weighted by Crippen LogP contribution is -2.35. The van der Waals surface area contributed by atoms with Crippen molar-refractivity contribution in [1.82, 2.24) is 10.9 Å². The van der Waals surface area contributed by atoms with Gasteiger partial charge in [-0.1, -0.05) is 24.3 Å². The Morgan fingerprint density at radius 1 is 0.750 bits per heavy atom. The van der Waals surface area contributed by atoms with Crippen LogP contribution in [0.25, 0.3) is 0 Å². The number of nitrogens with one attached hydrogen (secondary N) is 2. The second-order valence-electron chi connectivity index (χ2n) is 5.03. The fourth-order valence-electron chi connectivity index (χ4n) is 1.95. The summed E-state index contributed by atoms with van der Waals surface area (Å²) in [5.74, 6) is -2.37. The molecule has 12 nitrogen and oxygen atoms in total. The number of carbonyl (C=O) groups excluding carboxylic acids is 2. The van der Waals surface area contributed by atoms with E-state index in [4.69, 9.17) is 0 Å². The minimum Gasteiger partial charge on any atom is -0.262 e. The van der Waals surface area contributed by atoms with E-state index in [2.05, 4.69) is 10.2 Å². The number of amides is 2. The summed E-state index contributed by atoms with van der Waals surface area (Å²) in [7, 11) is 0. The van der Waals surface area contributed by atoms with Crippen LogP contribution in [0.5, 0.6) is 0 Å². The molecule has 0 saturated heterocycles. The predicted molar refractivity (Wildman–Crippen MR) is 97.7 cm³/mol. The Hall–Kier alpha value is -4.48. The van der Waals surface area contributed by atoms with E-state index in [1.54, 1.807) is 12.1 Å². The first kappa shape index (κ1) is 19.8. The fourth-order valence-corrected chi connectivity index (χ4v) is 1.95. The van der Waals surface area contributed by atoms with Crippen molar-refractivity contribution in [2.24, 2.45) is 10.2 Å². The number of benzene rings is 2. The van der Waals surface area contributed by atoms with Gasteiger partial charge in [0.05, 0.1) is 33.4 Å². The van der Waals surface area contributed by atoms with Gasteiger partial charge in [-0.15, -0.1) is 0 Å². The Morgan fingerprint density at radius 3 is 1.46 bits per heavy atom. The third kappa shape index (κ3) is 5.26. The van der Waals surface area contributed by atoms with Gasteiger partial charge in [0.15, 0.2) is 0 Å². The Bertz CT molecular complexity index is 908. The summed E-state index contributed by atoms with van der Waals surface area (Å²) in [4.78, 5) is 43.7. The third-order valence-electron chi connectivity index (χ3n) is 3.21. The van der Waals surface area contributed by atoms with Crippen molar-refractivity contribution < 1.29 is 19.4 Å². The number of para-hydroxylation sites is 2. The highest BCUT2D eigenvalue weighted by atomic mass is 16.6. The van der Waals surface area contributed by atoms with Gasteiger partial charge in [-0.3, -0.25) is 29.8 Å². The zero-order valence-corrected chi connectivity index (χ0v) is 14.0. The number of nitro groups is 2. The molecule has 2 rings (SSSR count). The van der Waals surface area contributed by atoms with Gasteiger partial charge < -0.3 is 0 Å². The van der Waals surface area contributed by atoms with E-state index in [1.165, 1.54) is 36.4 Å². The highest BCUT2D eigenvalue weighted by Crippen LogP contribution is 2.15.